The molecule has 5 rings (SSSR count). The number of nitrogens with zero attached hydrogens (tertiary/aromatic N) is 7. The van der Waals surface area contributed by atoms with Gasteiger partial charge in [-0.1, -0.05) is 11.6 Å². The van der Waals surface area contributed by atoms with E-state index in [-0.39, 0.29) is 5.69 Å². The van der Waals surface area contributed by atoms with Crippen LogP contribution in [0.25, 0.3) is 10.9 Å². The van der Waals surface area contributed by atoms with E-state index in [1.165, 1.54) is 12.1 Å². The minimum atomic E-state index is -0.444. The Morgan fingerprint density at radius 1 is 1.05 bits per heavy atom. The van der Waals surface area contributed by atoms with E-state index in [1.807, 2.05) is 24.3 Å². The highest BCUT2D eigenvalue weighted by molar-refractivity contribution is 7.80. The highest BCUT2D eigenvalue weighted by Gasteiger charge is 2.23. The molecule has 0 aliphatic carbocycles. The largest absolute Gasteiger partial charge is 0.354 e. The Morgan fingerprint density at radius 2 is 1.80 bits per heavy atom. The van der Waals surface area contributed by atoms with E-state index in [0.29, 0.717) is 72.9 Å². The molecule has 1 aliphatic heterocycles. The van der Waals surface area contributed by atoms with E-state index in [2.05, 4.69) is 45.7 Å². The molecule has 5 N–H and O–H groups in total. The van der Waals surface area contributed by atoms with Gasteiger partial charge in [-0.2, -0.15) is 15.0 Å². The third kappa shape index (κ3) is 7.03. The third-order valence-electron chi connectivity index (χ3n) is 6.42. The number of nitro benzene ring substituents is 1. The molecule has 1 aliphatic rings. The van der Waals surface area contributed by atoms with Crippen molar-refractivity contribution in [1.82, 2.24) is 24.8 Å². The maximum Gasteiger partial charge on any atom is 0.269 e. The van der Waals surface area contributed by atoms with Crippen LogP contribution in [0.4, 0.5) is 34.9 Å². The van der Waals surface area contributed by atoms with Crippen molar-refractivity contribution in [1.29, 1.82) is 0 Å². The van der Waals surface area contributed by atoms with E-state index < -0.39 is 4.92 Å². The lowest BCUT2D eigenvalue weighted by molar-refractivity contribution is -0.384. The van der Waals surface area contributed by atoms with E-state index in [1.54, 1.807) is 18.3 Å². The summed E-state index contributed by atoms with van der Waals surface area (Å²) in [5.41, 5.74) is 7.91. The molecule has 2 aromatic heterocycles. The fourth-order valence-electron chi connectivity index (χ4n) is 4.27. The number of nitrogens with one attached hydrogen (secondary N) is 3. The molecule has 2 aromatic carbocycles. The topological polar surface area (TPSA) is 163 Å². The molecule has 13 nitrogen and oxygen atoms in total. The summed E-state index contributed by atoms with van der Waals surface area (Å²) in [6.07, 6.45) is 2.48. The van der Waals surface area contributed by atoms with E-state index in [9.17, 15) is 10.1 Å². The number of halogens is 1. The molecule has 41 heavy (non-hydrogen) atoms. The number of piperazine rings is 1. The molecule has 0 saturated carbocycles. The maximum absolute atomic E-state index is 11.0. The van der Waals surface area contributed by atoms with Gasteiger partial charge in [-0.25, -0.2) is 0 Å². The third-order valence-corrected chi connectivity index (χ3v) is 7.01. The van der Waals surface area contributed by atoms with Crippen molar-refractivity contribution in [3.8, 4) is 0 Å². The van der Waals surface area contributed by atoms with Crippen molar-refractivity contribution >= 4 is 74.7 Å². The van der Waals surface area contributed by atoms with Crippen LogP contribution in [0.5, 0.6) is 0 Å². The first-order chi connectivity index (χ1) is 19.9. The minimum Gasteiger partial charge on any atom is -0.354 e. The van der Waals surface area contributed by atoms with Gasteiger partial charge in [0.25, 0.3) is 5.69 Å². The van der Waals surface area contributed by atoms with Gasteiger partial charge in [0.1, 0.15) is 0 Å². The van der Waals surface area contributed by atoms with Crippen LogP contribution < -0.4 is 26.6 Å². The van der Waals surface area contributed by atoms with Gasteiger partial charge in [-0.3, -0.25) is 15.1 Å². The number of nitro groups is 1. The Hall–Kier alpha value is -4.40. The molecular weight excluding hydrogens is 566 g/mol. The van der Waals surface area contributed by atoms with Gasteiger partial charge in [0, 0.05) is 67.1 Å². The summed E-state index contributed by atoms with van der Waals surface area (Å²) in [5, 5.41) is 22.8. The smallest absolute Gasteiger partial charge is 0.269 e. The molecule has 0 amide bonds. The first-order valence-electron chi connectivity index (χ1n) is 13.0. The Balaban J connectivity index is 1.27. The number of nitrogens with two attached hydrogens (primary N) is 1. The number of hydrogen-bond acceptors (Lipinski definition) is 11. The van der Waals surface area contributed by atoms with E-state index in [0.717, 1.165) is 23.0 Å². The fraction of sp³-hybridized carbons (Fsp3) is 0.269. The summed E-state index contributed by atoms with van der Waals surface area (Å²) >= 11 is 11.9. The number of aromatic nitrogens is 4. The molecule has 1 saturated heterocycles. The fourth-order valence-corrected chi connectivity index (χ4v) is 4.73. The van der Waals surface area contributed by atoms with Gasteiger partial charge in [-0.05, 0) is 61.6 Å². The van der Waals surface area contributed by atoms with Gasteiger partial charge in [0.15, 0.2) is 5.11 Å². The van der Waals surface area contributed by atoms with Crippen molar-refractivity contribution in [2.24, 2.45) is 5.73 Å². The molecule has 1 fully saturated rings. The first-order valence-corrected chi connectivity index (χ1v) is 13.7. The van der Waals surface area contributed by atoms with Gasteiger partial charge in [0.2, 0.25) is 17.8 Å². The number of pyridine rings is 1. The number of non-ortho nitro benzene ring substituents is 1. The molecule has 0 spiro atoms. The molecule has 0 bridgehead atoms. The van der Waals surface area contributed by atoms with Gasteiger partial charge in [0.05, 0.1) is 16.1 Å². The lowest BCUT2D eigenvalue weighted by Gasteiger charge is -2.36. The summed E-state index contributed by atoms with van der Waals surface area (Å²) in [6, 6.07) is 13.5. The number of fused-ring (bicyclic) bond motifs is 1. The zero-order valence-electron chi connectivity index (χ0n) is 22.0. The average Bonchev–Trinajstić information content (AvgIpc) is 2.97. The Morgan fingerprint density at radius 3 is 2.54 bits per heavy atom. The van der Waals surface area contributed by atoms with Crippen LogP contribution in [0, 0.1) is 10.1 Å². The number of rotatable bonds is 9. The first kappa shape index (κ1) is 28.1. The highest BCUT2D eigenvalue weighted by Crippen LogP contribution is 2.25. The lowest BCUT2D eigenvalue weighted by atomic mass is 10.2. The van der Waals surface area contributed by atoms with Crippen LogP contribution in [-0.2, 0) is 0 Å². The molecule has 0 radical (unpaired) electrons. The predicted molar refractivity (Wildman–Crippen MR) is 165 cm³/mol. The van der Waals surface area contributed by atoms with Crippen molar-refractivity contribution in [3.63, 3.8) is 0 Å². The second-order valence-electron chi connectivity index (χ2n) is 9.20. The van der Waals surface area contributed by atoms with Crippen molar-refractivity contribution < 1.29 is 4.92 Å². The van der Waals surface area contributed by atoms with Crippen LogP contribution in [0.1, 0.15) is 6.42 Å². The van der Waals surface area contributed by atoms with Crippen LogP contribution in [0.15, 0.2) is 54.7 Å². The summed E-state index contributed by atoms with van der Waals surface area (Å²) in [7, 11) is 0. The standard InChI is InChI=1S/C26H28ClN11O2S/c27-17-2-7-20-21(8-11-29-22(20)16-17)32-26(41)37-14-12-36(13-15-37)25-34-23(30-10-1-9-28)33-24(35-25)31-18-3-5-19(6-4-18)38(39)40/h2-8,11,16H,1,9-10,12-15,28H2,(H,29,32,41)(H2,30,31,33,34,35). The maximum atomic E-state index is 11.0. The lowest BCUT2D eigenvalue weighted by Crippen LogP contribution is -2.50. The van der Waals surface area contributed by atoms with Crippen molar-refractivity contribution in [2.75, 3.05) is 60.1 Å². The van der Waals surface area contributed by atoms with Gasteiger partial charge in [-0.15, -0.1) is 0 Å². The summed E-state index contributed by atoms with van der Waals surface area (Å²) in [5.74, 6) is 1.25. The normalized spacial score (nSPS) is 13.2. The van der Waals surface area contributed by atoms with Gasteiger partial charge < -0.3 is 31.5 Å². The number of benzene rings is 2. The Labute approximate surface area is 246 Å². The Kier molecular flexibility index (Phi) is 8.82. The SMILES string of the molecule is NCCCNc1nc(Nc2ccc([N+](=O)[O-])cc2)nc(N2CCN(C(=S)Nc3ccnc4cc(Cl)ccc34)CC2)n1. The molecule has 3 heterocycles. The second kappa shape index (κ2) is 12.8. The summed E-state index contributed by atoms with van der Waals surface area (Å²) in [4.78, 5) is 32.8. The van der Waals surface area contributed by atoms with E-state index >= 15 is 0 Å². The second-order valence-corrected chi connectivity index (χ2v) is 10.0. The summed E-state index contributed by atoms with van der Waals surface area (Å²) in [6.45, 7) is 3.74. The van der Waals surface area contributed by atoms with Crippen LogP contribution in [0.2, 0.25) is 5.02 Å². The number of hydrogen-bond donors (Lipinski definition) is 4. The molecule has 212 valence electrons. The molecule has 0 atom stereocenters. The zero-order chi connectivity index (χ0) is 28.8. The van der Waals surface area contributed by atoms with Crippen LogP contribution in [-0.4, -0.2) is 74.1 Å². The quantitative estimate of drug-likeness (QED) is 0.0953. The van der Waals surface area contributed by atoms with Crippen LogP contribution in [0.3, 0.4) is 0 Å². The molecule has 15 heteroatoms. The minimum absolute atomic E-state index is 0.00261. The number of thiocarbonyl (C=S) groups is 1. The predicted octanol–water partition coefficient (Wildman–Crippen LogP) is 4.00. The molecular formula is C26H28ClN11O2S. The Bertz CT molecular complexity index is 1550. The van der Waals surface area contributed by atoms with Crippen molar-refractivity contribution in [2.45, 2.75) is 6.42 Å². The van der Waals surface area contributed by atoms with Crippen LogP contribution >= 0.6 is 23.8 Å². The number of anilines is 5. The molecule has 0 unspecified atom stereocenters. The monoisotopic (exact) mass is 593 g/mol. The summed E-state index contributed by atoms with van der Waals surface area (Å²) < 4.78 is 0. The average molecular weight is 594 g/mol. The van der Waals surface area contributed by atoms with Gasteiger partial charge >= 0.3 is 0 Å². The molecule has 4 aromatic rings. The highest BCUT2D eigenvalue weighted by atomic mass is 35.5. The van der Waals surface area contributed by atoms with E-state index in [4.69, 9.17) is 29.6 Å². The van der Waals surface area contributed by atoms with Crippen molar-refractivity contribution in [3.05, 3.63) is 69.9 Å². The zero-order valence-corrected chi connectivity index (χ0v) is 23.5.